The fourth-order valence-electron chi connectivity index (χ4n) is 1.53. The van der Waals surface area contributed by atoms with Crippen molar-refractivity contribution in [1.82, 2.24) is 5.32 Å². The summed E-state index contributed by atoms with van der Waals surface area (Å²) >= 11 is 1.89. The molecule has 118 valence electrons. The van der Waals surface area contributed by atoms with Crippen LogP contribution in [0.2, 0.25) is 0 Å². The van der Waals surface area contributed by atoms with Crippen molar-refractivity contribution >= 4 is 40.1 Å². The summed E-state index contributed by atoms with van der Waals surface area (Å²) in [5.41, 5.74) is 6.36. The van der Waals surface area contributed by atoms with Crippen LogP contribution in [0.25, 0.3) is 0 Å². The molecule has 7 heteroatoms. The van der Waals surface area contributed by atoms with Crippen LogP contribution in [0, 0.1) is 9.39 Å². The van der Waals surface area contributed by atoms with Gasteiger partial charge in [0.15, 0.2) is 0 Å². The molecule has 0 heterocycles. The summed E-state index contributed by atoms with van der Waals surface area (Å²) in [7, 11) is 0. The molecule has 0 aliphatic rings. The Morgan fingerprint density at radius 1 is 1.38 bits per heavy atom. The van der Waals surface area contributed by atoms with E-state index in [9.17, 15) is 9.18 Å². The Bertz CT molecular complexity index is 504. The van der Waals surface area contributed by atoms with E-state index in [0.29, 0.717) is 34.5 Å². The van der Waals surface area contributed by atoms with Gasteiger partial charge in [0.1, 0.15) is 11.4 Å². The standard InChI is InChI=1S/C14H21FIN3O2/c1-14(2,3)21-13(20)19-6-4-5-18-12-7-9(15)10(16)8-11(12)17/h7-8,18H,4-6,17H2,1-3H3,(H,19,20). The maximum Gasteiger partial charge on any atom is 0.407 e. The molecule has 21 heavy (non-hydrogen) atoms. The van der Waals surface area contributed by atoms with Crippen molar-refractivity contribution in [2.75, 3.05) is 24.1 Å². The van der Waals surface area contributed by atoms with Crippen LogP contribution in [-0.4, -0.2) is 24.8 Å². The second-order valence-corrected chi connectivity index (χ2v) is 6.72. The molecule has 1 aromatic rings. The second kappa shape index (κ2) is 7.67. The Morgan fingerprint density at radius 2 is 2.05 bits per heavy atom. The summed E-state index contributed by atoms with van der Waals surface area (Å²) in [5.74, 6) is -0.306. The molecule has 0 radical (unpaired) electrons. The van der Waals surface area contributed by atoms with Crippen LogP contribution in [0.3, 0.4) is 0 Å². The minimum atomic E-state index is -0.504. The molecular weight excluding hydrogens is 388 g/mol. The Hall–Kier alpha value is -1.25. The van der Waals surface area contributed by atoms with E-state index in [1.807, 2.05) is 43.4 Å². The van der Waals surface area contributed by atoms with E-state index >= 15 is 0 Å². The lowest BCUT2D eigenvalue weighted by atomic mass is 10.2. The van der Waals surface area contributed by atoms with Crippen LogP contribution in [0.15, 0.2) is 12.1 Å². The highest BCUT2D eigenvalue weighted by Gasteiger charge is 2.15. The van der Waals surface area contributed by atoms with Crippen LogP contribution in [0.4, 0.5) is 20.6 Å². The van der Waals surface area contributed by atoms with Crippen LogP contribution >= 0.6 is 22.6 Å². The lowest BCUT2D eigenvalue weighted by Gasteiger charge is -2.19. The first-order chi connectivity index (χ1) is 9.69. The fourth-order valence-corrected chi connectivity index (χ4v) is 2.02. The number of nitrogen functional groups attached to an aromatic ring is 1. The van der Waals surface area contributed by atoms with Gasteiger partial charge in [-0.25, -0.2) is 9.18 Å². The van der Waals surface area contributed by atoms with Crippen molar-refractivity contribution in [1.29, 1.82) is 0 Å². The van der Waals surface area contributed by atoms with E-state index in [0.717, 1.165) is 0 Å². The van der Waals surface area contributed by atoms with Crippen molar-refractivity contribution in [2.24, 2.45) is 0 Å². The summed E-state index contributed by atoms with van der Waals surface area (Å²) < 4.78 is 19.0. The molecule has 0 aliphatic carbocycles. The van der Waals surface area contributed by atoms with Gasteiger partial charge in [-0.1, -0.05) is 0 Å². The van der Waals surface area contributed by atoms with Gasteiger partial charge in [-0.05, 0) is 55.8 Å². The molecule has 1 rings (SSSR count). The normalized spacial score (nSPS) is 11.1. The number of nitrogens with one attached hydrogen (secondary N) is 2. The van der Waals surface area contributed by atoms with Gasteiger partial charge < -0.3 is 21.1 Å². The number of ether oxygens (including phenoxy) is 1. The van der Waals surface area contributed by atoms with Gasteiger partial charge in [-0.2, -0.15) is 0 Å². The Morgan fingerprint density at radius 3 is 2.67 bits per heavy atom. The highest BCUT2D eigenvalue weighted by molar-refractivity contribution is 14.1. The molecule has 0 atom stereocenters. The number of carbonyl (C=O) groups excluding carboxylic acids is 1. The number of anilines is 2. The number of hydrogen-bond acceptors (Lipinski definition) is 4. The molecule has 0 fully saturated rings. The third-order valence-electron chi connectivity index (χ3n) is 2.43. The van der Waals surface area contributed by atoms with Crippen molar-refractivity contribution < 1.29 is 13.9 Å². The van der Waals surface area contributed by atoms with E-state index in [1.165, 1.54) is 6.07 Å². The van der Waals surface area contributed by atoms with Gasteiger partial charge in [0, 0.05) is 19.2 Å². The highest BCUT2D eigenvalue weighted by Crippen LogP contribution is 2.23. The molecule has 1 amide bonds. The molecule has 4 N–H and O–H groups in total. The maximum atomic E-state index is 13.4. The Balaban J connectivity index is 2.29. The van der Waals surface area contributed by atoms with Gasteiger partial charge in [-0.3, -0.25) is 0 Å². The predicted molar refractivity (Wildman–Crippen MR) is 90.9 cm³/mol. The zero-order valence-electron chi connectivity index (χ0n) is 12.4. The lowest BCUT2D eigenvalue weighted by Crippen LogP contribution is -2.33. The zero-order valence-corrected chi connectivity index (χ0v) is 14.6. The molecular formula is C14H21FIN3O2. The van der Waals surface area contributed by atoms with Gasteiger partial charge in [0.05, 0.1) is 14.9 Å². The first kappa shape index (κ1) is 17.8. The number of benzene rings is 1. The third-order valence-corrected chi connectivity index (χ3v) is 3.26. The molecule has 0 saturated heterocycles. The quantitative estimate of drug-likeness (QED) is 0.396. The SMILES string of the molecule is CC(C)(C)OC(=O)NCCCNc1cc(F)c(I)cc1N. The summed E-state index contributed by atoms with van der Waals surface area (Å²) in [4.78, 5) is 11.4. The first-order valence-electron chi connectivity index (χ1n) is 6.64. The number of carbonyl (C=O) groups is 1. The Kier molecular flexibility index (Phi) is 6.50. The molecule has 5 nitrogen and oxygen atoms in total. The third kappa shape index (κ3) is 6.83. The summed E-state index contributed by atoms with van der Waals surface area (Å²) in [6.45, 7) is 6.46. The lowest BCUT2D eigenvalue weighted by molar-refractivity contribution is 0.0528. The van der Waals surface area contributed by atoms with E-state index in [1.54, 1.807) is 6.07 Å². The van der Waals surface area contributed by atoms with Gasteiger partial charge in [0.2, 0.25) is 0 Å². The van der Waals surface area contributed by atoms with Gasteiger partial charge in [-0.15, -0.1) is 0 Å². The van der Waals surface area contributed by atoms with E-state index in [2.05, 4.69) is 10.6 Å². The van der Waals surface area contributed by atoms with E-state index < -0.39 is 11.7 Å². The van der Waals surface area contributed by atoms with Crippen molar-refractivity contribution in [3.63, 3.8) is 0 Å². The smallest absolute Gasteiger partial charge is 0.407 e. The molecule has 0 saturated carbocycles. The summed E-state index contributed by atoms with van der Waals surface area (Å²) in [5, 5.41) is 5.70. The summed E-state index contributed by atoms with van der Waals surface area (Å²) in [6.07, 6.45) is 0.231. The molecule has 0 aromatic heterocycles. The van der Waals surface area contributed by atoms with Crippen LogP contribution < -0.4 is 16.4 Å². The van der Waals surface area contributed by atoms with Crippen LogP contribution in [0.1, 0.15) is 27.2 Å². The fraction of sp³-hybridized carbons (Fsp3) is 0.500. The highest BCUT2D eigenvalue weighted by atomic mass is 127. The number of nitrogens with two attached hydrogens (primary N) is 1. The van der Waals surface area contributed by atoms with Crippen LogP contribution in [-0.2, 0) is 4.74 Å². The number of rotatable bonds is 5. The average molecular weight is 409 g/mol. The largest absolute Gasteiger partial charge is 0.444 e. The number of hydrogen-bond donors (Lipinski definition) is 3. The number of amides is 1. The molecule has 0 aliphatic heterocycles. The predicted octanol–water partition coefficient (Wildman–Crippen LogP) is 3.34. The van der Waals surface area contributed by atoms with Crippen molar-refractivity contribution in [2.45, 2.75) is 32.8 Å². The molecule has 0 spiro atoms. The van der Waals surface area contributed by atoms with Crippen LogP contribution in [0.5, 0.6) is 0 Å². The summed E-state index contributed by atoms with van der Waals surface area (Å²) in [6, 6.07) is 2.95. The Labute approximate surface area is 137 Å². The number of alkyl carbamates (subject to hydrolysis) is 1. The average Bonchev–Trinajstić information content (AvgIpc) is 2.32. The minimum Gasteiger partial charge on any atom is -0.444 e. The first-order valence-corrected chi connectivity index (χ1v) is 7.72. The van der Waals surface area contributed by atoms with Gasteiger partial charge >= 0.3 is 6.09 Å². The minimum absolute atomic E-state index is 0.306. The van der Waals surface area contributed by atoms with E-state index in [4.69, 9.17) is 10.5 Å². The maximum absolute atomic E-state index is 13.4. The number of halogens is 2. The zero-order chi connectivity index (χ0) is 16.0. The van der Waals surface area contributed by atoms with Crippen molar-refractivity contribution in [3.8, 4) is 0 Å². The van der Waals surface area contributed by atoms with Crippen molar-refractivity contribution in [3.05, 3.63) is 21.5 Å². The molecule has 1 aromatic carbocycles. The molecule has 0 bridgehead atoms. The monoisotopic (exact) mass is 409 g/mol. The van der Waals surface area contributed by atoms with E-state index in [-0.39, 0.29) is 5.82 Å². The second-order valence-electron chi connectivity index (χ2n) is 5.56. The molecule has 0 unspecified atom stereocenters. The van der Waals surface area contributed by atoms with Gasteiger partial charge in [0.25, 0.3) is 0 Å². The topological polar surface area (TPSA) is 76.4 Å².